The minimum absolute atomic E-state index is 0.0842. The highest BCUT2D eigenvalue weighted by molar-refractivity contribution is 7.89. The van der Waals surface area contributed by atoms with Gasteiger partial charge in [0.1, 0.15) is 30.5 Å². The highest BCUT2D eigenvalue weighted by Crippen LogP contribution is 2.28. The van der Waals surface area contributed by atoms with Crippen LogP contribution in [0.4, 0.5) is 0 Å². The summed E-state index contributed by atoms with van der Waals surface area (Å²) in [5.74, 6) is 58.3. The van der Waals surface area contributed by atoms with Gasteiger partial charge >= 0.3 is 0 Å². The molecule has 334 valence electrons. The number of rotatable bonds is 24. The van der Waals surface area contributed by atoms with Gasteiger partial charge in [0.25, 0.3) is 5.91 Å². The molecule has 8 atom stereocenters. The van der Waals surface area contributed by atoms with Crippen molar-refractivity contribution in [3.8, 4) is 142 Å². The lowest BCUT2D eigenvalue weighted by atomic mass is 9.98. The zero-order valence-corrected chi connectivity index (χ0v) is 36.6. The van der Waals surface area contributed by atoms with E-state index >= 15 is 0 Å². The number of unbranched alkanes of at least 4 members (excludes halogenated alkanes) is 11. The Hall–Kier alpha value is -5.90. The van der Waals surface area contributed by atoms with Crippen LogP contribution in [-0.4, -0.2) is 98.9 Å². The topological polar surface area (TPSA) is 197 Å². The molecule has 64 heavy (non-hydrogen) atoms. The van der Waals surface area contributed by atoms with Crippen molar-refractivity contribution in [2.75, 3.05) is 13.2 Å². The zero-order valence-electron chi connectivity index (χ0n) is 35.8. The fraction of sp³-hybridized carbons (Fsp3) is 0.500. The van der Waals surface area contributed by atoms with Gasteiger partial charge in [0.2, 0.25) is 0 Å². The maximum Gasteiger partial charge on any atom is 0.297 e. The summed E-state index contributed by atoms with van der Waals surface area (Å²) >= 11 is 0.0842. The van der Waals surface area contributed by atoms with Gasteiger partial charge in [-0.3, -0.25) is 8.98 Å². The first-order valence-corrected chi connectivity index (χ1v) is 21.1. The molecule has 0 bridgehead atoms. The molecule has 0 aromatic carbocycles. The number of aliphatic hydroxyl groups excluding tert-OH is 5. The largest absolute Gasteiger partial charge is 0.394 e. The van der Waals surface area contributed by atoms with Gasteiger partial charge in [0, 0.05) is 41.4 Å². The molecule has 0 aromatic heterocycles. The van der Waals surface area contributed by atoms with Gasteiger partial charge in [0.15, 0.2) is 18.6 Å². The van der Waals surface area contributed by atoms with Crippen LogP contribution in [0.1, 0.15) is 97.3 Å². The molecule has 0 spiro atoms. The summed E-state index contributed by atoms with van der Waals surface area (Å²) in [5.41, 5.74) is 0. The number of hydrogen-bond acceptors (Lipinski definition) is 13. The molecule has 1 rings (SSSR count). The fourth-order valence-corrected chi connectivity index (χ4v) is 5.79. The van der Waals surface area contributed by atoms with Crippen molar-refractivity contribution in [1.29, 1.82) is 0 Å². The molecule has 1 amide bonds. The van der Waals surface area contributed by atoms with Gasteiger partial charge in [-0.15, -0.1) is 4.33 Å². The average molecular weight is 890 g/mol. The van der Waals surface area contributed by atoms with Crippen molar-refractivity contribution in [3.05, 3.63) is 0 Å². The Morgan fingerprint density at radius 3 is 1.53 bits per heavy atom. The molecule has 0 saturated carbocycles. The number of amides is 1. The van der Waals surface area contributed by atoms with Gasteiger partial charge in [-0.2, -0.15) is 0 Å². The van der Waals surface area contributed by atoms with E-state index in [1.807, 2.05) is 0 Å². The predicted molar refractivity (Wildman–Crippen MR) is 240 cm³/mol. The minimum atomic E-state index is -1.70. The average Bonchev–Trinajstić information content (AvgIpc) is 3.29. The van der Waals surface area contributed by atoms with Crippen LogP contribution >= 0.6 is 12.3 Å². The molecule has 1 aliphatic heterocycles. The maximum absolute atomic E-state index is 12.8. The van der Waals surface area contributed by atoms with Crippen molar-refractivity contribution in [2.45, 2.75) is 146 Å². The second-order valence-corrected chi connectivity index (χ2v) is 13.7. The first-order valence-electron chi connectivity index (χ1n) is 20.4. The van der Waals surface area contributed by atoms with E-state index in [1.54, 1.807) is 6.92 Å². The third kappa shape index (κ3) is 28.7. The van der Waals surface area contributed by atoms with E-state index in [0.717, 1.165) is 25.7 Å². The van der Waals surface area contributed by atoms with Crippen molar-refractivity contribution >= 4 is 18.2 Å². The fourth-order valence-electron chi connectivity index (χ4n) is 5.42. The highest BCUT2D eigenvalue weighted by atomic mass is 32.2. The molecule has 0 radical (unpaired) electrons. The Labute approximate surface area is 382 Å². The number of carbonyl (C=O) groups excluding carboxylic acids is 1. The molecule has 14 heteroatoms. The van der Waals surface area contributed by atoms with Crippen molar-refractivity contribution in [1.82, 2.24) is 5.32 Å². The normalized spacial score (nSPS) is 17.4. The summed E-state index contributed by atoms with van der Waals surface area (Å²) in [7, 11) is 0. The Balaban J connectivity index is 2.85. The van der Waals surface area contributed by atoms with E-state index in [-0.39, 0.29) is 18.7 Å². The molecule has 1 fully saturated rings. The zero-order chi connectivity index (χ0) is 46.7. The Bertz CT molecular complexity index is 2230. The lowest BCUT2D eigenvalue weighted by molar-refractivity contribution is -0.435. The van der Waals surface area contributed by atoms with E-state index < -0.39 is 68.1 Å². The number of hydrogen-bond donors (Lipinski definition) is 7. The molecule has 0 aliphatic carbocycles. The van der Waals surface area contributed by atoms with E-state index in [1.165, 1.54) is 44.9 Å². The van der Waals surface area contributed by atoms with Gasteiger partial charge in [-0.1, -0.05) is 94.9 Å². The number of aliphatic hydroxyl groups is 5. The Morgan fingerprint density at radius 1 is 0.656 bits per heavy atom. The smallest absolute Gasteiger partial charge is 0.297 e. The maximum atomic E-state index is 12.8. The summed E-state index contributed by atoms with van der Waals surface area (Å²) < 4.78 is 20.4. The van der Waals surface area contributed by atoms with E-state index in [0.29, 0.717) is 6.42 Å². The van der Waals surface area contributed by atoms with Crippen LogP contribution in [0, 0.1) is 142 Å². The van der Waals surface area contributed by atoms with E-state index in [4.69, 9.17) is 18.9 Å². The predicted octanol–water partition coefficient (Wildman–Crippen LogP) is 2.17. The summed E-state index contributed by atoms with van der Waals surface area (Å²) in [6.45, 7) is 2.65. The van der Waals surface area contributed by atoms with Crippen LogP contribution in [0.15, 0.2) is 0 Å². The first-order chi connectivity index (χ1) is 31.3. The summed E-state index contributed by atoms with van der Waals surface area (Å²) in [6, 6.07) is -1.28. The molecule has 1 saturated heterocycles. The van der Waals surface area contributed by atoms with Gasteiger partial charge in [-0.25, -0.2) is 5.26 Å². The van der Waals surface area contributed by atoms with E-state index in [9.17, 15) is 30.3 Å². The molecule has 1 aliphatic rings. The first kappa shape index (κ1) is 56.1. The van der Waals surface area contributed by atoms with Crippen LogP contribution in [0.5, 0.6) is 0 Å². The van der Waals surface area contributed by atoms with Crippen LogP contribution in [0.2, 0.25) is 0 Å². The molecule has 0 aromatic rings. The van der Waals surface area contributed by atoms with Crippen LogP contribution < -0.4 is 5.32 Å². The summed E-state index contributed by atoms with van der Waals surface area (Å²) in [5, 5.41) is 67.3. The van der Waals surface area contributed by atoms with Gasteiger partial charge in [-0.05, 0) is 108 Å². The van der Waals surface area contributed by atoms with Crippen LogP contribution in [0.25, 0.3) is 0 Å². The summed E-state index contributed by atoms with van der Waals surface area (Å²) in [6.07, 6.45) is 3.34. The molecule has 6 unspecified atom stereocenters. The molecular weight excluding hydrogens is 839 g/mol. The Morgan fingerprint density at radius 2 is 1.09 bits per heavy atom. The monoisotopic (exact) mass is 889 g/mol. The lowest BCUT2D eigenvalue weighted by Gasteiger charge is -2.41. The highest BCUT2D eigenvalue weighted by Gasteiger charge is 2.47. The minimum Gasteiger partial charge on any atom is -0.394 e. The molecule has 13 nitrogen and oxygen atoms in total. The number of nitrogens with one attached hydrogen (secondary N) is 1. The van der Waals surface area contributed by atoms with Crippen molar-refractivity contribution < 1.29 is 58.6 Å². The van der Waals surface area contributed by atoms with Crippen LogP contribution in [-0.2, 0) is 27.8 Å². The summed E-state index contributed by atoms with van der Waals surface area (Å²) in [4.78, 5) is 12.8. The molecule has 1 heterocycles. The number of carbonyl (C=O) groups is 1. The third-order valence-electron chi connectivity index (χ3n) is 8.56. The second-order valence-electron chi connectivity index (χ2n) is 13.3. The quantitative estimate of drug-likeness (QED) is 0.0245. The number of ether oxygens (including phenoxy) is 2. The van der Waals surface area contributed by atoms with Crippen LogP contribution in [0.3, 0.4) is 0 Å². The van der Waals surface area contributed by atoms with Gasteiger partial charge < -0.3 is 40.3 Å². The SMILES string of the molecule is CC#CC#CC#CC#CC#CC#CC#CC#CC#CC#CC#CC#CC(=O)N[C@@H](COC1OC(CO)C(O)C(OSOOO)C1O)[C@H](O)C(O)CCCCCCCCCCCCCC. The second kappa shape index (κ2) is 39.9. The standard InChI is InChI=1S/C50H51NO12S/c1-3-5-7-9-11-13-15-17-18-19-20-21-22-23-24-25-26-27-29-31-33-35-37-39-45(54)51-42(41-59-50-48(57)49(61-64-63-62-58)47(56)44(40-52)60-50)46(55)43(53)38-36-34-32-30-28-16-14-12-10-8-6-4-2/h42-44,46-50,52-53,55-58H,4,6,8,10,12,14,16,28,30,32,34,36,38,40-41H2,1-2H3,(H,51,54)/t42-,43?,44?,46-,47?,48?,49?,50?/m0/s1. The third-order valence-corrected chi connectivity index (χ3v) is 8.98. The van der Waals surface area contributed by atoms with Gasteiger partial charge in [0.05, 0.1) is 25.4 Å². The molecule has 7 N–H and O–H groups in total. The van der Waals surface area contributed by atoms with Crippen molar-refractivity contribution in [2.24, 2.45) is 0 Å². The van der Waals surface area contributed by atoms with E-state index in [2.05, 4.69) is 164 Å². The van der Waals surface area contributed by atoms with Crippen molar-refractivity contribution in [3.63, 3.8) is 0 Å². The Kier molecular flexibility index (Phi) is 35.0. The molecular formula is C50H51NO12S. The lowest BCUT2D eigenvalue weighted by Crippen LogP contribution is -2.60.